The Labute approximate surface area is 111 Å². The summed E-state index contributed by atoms with van der Waals surface area (Å²) < 4.78 is 0. The van der Waals surface area contributed by atoms with Crippen molar-refractivity contribution in [3.63, 3.8) is 0 Å². The van der Waals surface area contributed by atoms with Gasteiger partial charge in [0.25, 0.3) is 0 Å². The molecule has 0 bridgehead atoms. The lowest BCUT2D eigenvalue weighted by Gasteiger charge is -2.10. The van der Waals surface area contributed by atoms with Gasteiger partial charge < -0.3 is 5.73 Å². The van der Waals surface area contributed by atoms with Crippen LogP contribution in [0, 0.1) is 0 Å². The largest absolute Gasteiger partial charge is 0.324 e. The molecule has 1 nitrogen and oxygen atoms in total. The molecule has 2 N–H and O–H groups in total. The molecule has 2 rings (SSSR count). The molecule has 0 fully saturated rings. The van der Waals surface area contributed by atoms with E-state index in [1.807, 2.05) is 37.3 Å². The van der Waals surface area contributed by atoms with Crippen LogP contribution < -0.4 is 5.73 Å². The molecule has 17 heavy (non-hydrogen) atoms. The lowest BCUT2D eigenvalue weighted by Crippen LogP contribution is -2.04. The van der Waals surface area contributed by atoms with E-state index in [0.29, 0.717) is 10.0 Å². The lowest BCUT2D eigenvalue weighted by atomic mass is 10.0. The highest BCUT2D eigenvalue weighted by molar-refractivity contribution is 6.35. The molecule has 0 aliphatic carbocycles. The Hall–Kier alpha value is -1.02. The normalized spacial score (nSPS) is 12.5. The van der Waals surface area contributed by atoms with E-state index in [9.17, 15) is 0 Å². The van der Waals surface area contributed by atoms with E-state index >= 15 is 0 Å². The van der Waals surface area contributed by atoms with Crippen LogP contribution in [0.5, 0.6) is 0 Å². The molecule has 0 aliphatic rings. The number of nitrogens with two attached hydrogens (primary N) is 1. The van der Waals surface area contributed by atoms with Crippen molar-refractivity contribution in [2.45, 2.75) is 13.0 Å². The second-order valence-electron chi connectivity index (χ2n) is 4.04. The minimum atomic E-state index is 0.00732. The Balaban J connectivity index is 2.52. The first-order valence-electron chi connectivity index (χ1n) is 5.39. The van der Waals surface area contributed by atoms with Crippen molar-refractivity contribution in [2.24, 2.45) is 5.73 Å². The second-order valence-corrected chi connectivity index (χ2v) is 4.88. The first-order chi connectivity index (χ1) is 8.08. The number of halogens is 2. The van der Waals surface area contributed by atoms with E-state index in [1.165, 1.54) is 0 Å². The summed E-state index contributed by atoms with van der Waals surface area (Å²) >= 11 is 12.2. The molecule has 2 aromatic rings. The van der Waals surface area contributed by atoms with E-state index < -0.39 is 0 Å². The lowest BCUT2D eigenvalue weighted by molar-refractivity contribution is 0.819. The molecule has 1 unspecified atom stereocenters. The summed E-state index contributed by atoms with van der Waals surface area (Å²) in [7, 11) is 0. The molecule has 0 aliphatic heterocycles. The van der Waals surface area contributed by atoms with E-state index in [2.05, 4.69) is 0 Å². The first kappa shape index (κ1) is 12.4. The zero-order valence-corrected chi connectivity index (χ0v) is 11.0. The van der Waals surface area contributed by atoms with Crippen LogP contribution in [0.4, 0.5) is 0 Å². The quantitative estimate of drug-likeness (QED) is 0.839. The van der Waals surface area contributed by atoms with Gasteiger partial charge in [-0.25, -0.2) is 0 Å². The minimum absolute atomic E-state index is 0.00732. The van der Waals surface area contributed by atoms with Crippen LogP contribution in [0.2, 0.25) is 10.0 Å². The van der Waals surface area contributed by atoms with Crippen LogP contribution in [0.25, 0.3) is 11.1 Å². The third-order valence-electron chi connectivity index (χ3n) is 2.65. The summed E-state index contributed by atoms with van der Waals surface area (Å²) in [6, 6.07) is 13.5. The van der Waals surface area contributed by atoms with Gasteiger partial charge in [0.15, 0.2) is 0 Å². The Morgan fingerprint density at radius 2 is 1.82 bits per heavy atom. The third-order valence-corrected chi connectivity index (χ3v) is 3.22. The van der Waals surface area contributed by atoms with Crippen molar-refractivity contribution < 1.29 is 0 Å². The van der Waals surface area contributed by atoms with Gasteiger partial charge in [-0.1, -0.05) is 41.4 Å². The zero-order valence-electron chi connectivity index (χ0n) is 9.45. The van der Waals surface area contributed by atoms with Crippen LogP contribution in [-0.4, -0.2) is 0 Å². The molecule has 0 spiro atoms. The summed E-state index contributed by atoms with van der Waals surface area (Å²) in [6.07, 6.45) is 0. The van der Waals surface area contributed by atoms with E-state index in [1.54, 1.807) is 12.1 Å². The minimum Gasteiger partial charge on any atom is -0.324 e. The molecule has 0 aromatic heterocycles. The highest BCUT2D eigenvalue weighted by Crippen LogP contribution is 2.31. The molecular weight excluding hydrogens is 253 g/mol. The van der Waals surface area contributed by atoms with Gasteiger partial charge in [-0.15, -0.1) is 0 Å². The van der Waals surface area contributed by atoms with E-state index in [0.717, 1.165) is 16.7 Å². The van der Waals surface area contributed by atoms with Gasteiger partial charge in [0.1, 0.15) is 0 Å². The van der Waals surface area contributed by atoms with Crippen molar-refractivity contribution in [2.75, 3.05) is 0 Å². The molecule has 0 radical (unpaired) electrons. The van der Waals surface area contributed by atoms with Crippen molar-refractivity contribution in [1.82, 2.24) is 0 Å². The predicted octanol–water partition coefficient (Wildman–Crippen LogP) is 4.68. The van der Waals surface area contributed by atoms with E-state index in [-0.39, 0.29) is 6.04 Å². The fraction of sp³-hybridized carbons (Fsp3) is 0.143. The Morgan fingerprint density at radius 1 is 1.06 bits per heavy atom. The molecule has 0 heterocycles. The monoisotopic (exact) mass is 265 g/mol. The number of hydrogen-bond acceptors (Lipinski definition) is 1. The van der Waals surface area contributed by atoms with Gasteiger partial charge in [0.2, 0.25) is 0 Å². The average Bonchev–Trinajstić information content (AvgIpc) is 2.32. The van der Waals surface area contributed by atoms with Crippen LogP contribution in [0.1, 0.15) is 18.5 Å². The zero-order chi connectivity index (χ0) is 12.4. The Kier molecular flexibility index (Phi) is 3.72. The SMILES string of the molecule is CC(N)c1cccc(-c2cc(Cl)ccc2Cl)c1. The summed E-state index contributed by atoms with van der Waals surface area (Å²) in [6.45, 7) is 1.96. The Morgan fingerprint density at radius 3 is 2.53 bits per heavy atom. The predicted molar refractivity (Wildman–Crippen MR) is 74.5 cm³/mol. The maximum atomic E-state index is 6.17. The van der Waals surface area contributed by atoms with Gasteiger partial charge in [0.05, 0.1) is 0 Å². The molecule has 0 saturated heterocycles. The van der Waals surface area contributed by atoms with Gasteiger partial charge in [-0.2, -0.15) is 0 Å². The maximum Gasteiger partial charge on any atom is 0.0485 e. The molecule has 0 saturated carbocycles. The van der Waals surface area contributed by atoms with Crippen LogP contribution in [0.3, 0.4) is 0 Å². The van der Waals surface area contributed by atoms with Crippen molar-refractivity contribution in [3.05, 3.63) is 58.1 Å². The number of benzene rings is 2. The summed E-state index contributed by atoms with van der Waals surface area (Å²) in [5.74, 6) is 0. The first-order valence-corrected chi connectivity index (χ1v) is 6.14. The molecule has 1 atom stereocenters. The summed E-state index contributed by atoms with van der Waals surface area (Å²) in [5, 5.41) is 1.37. The standard InChI is InChI=1S/C14H13Cl2N/c1-9(17)10-3-2-4-11(7-10)13-8-12(15)5-6-14(13)16/h2-9H,17H2,1H3. The van der Waals surface area contributed by atoms with Gasteiger partial charge in [-0.3, -0.25) is 0 Å². The number of hydrogen-bond donors (Lipinski definition) is 1. The topological polar surface area (TPSA) is 26.0 Å². The van der Waals surface area contributed by atoms with Crippen LogP contribution in [0.15, 0.2) is 42.5 Å². The van der Waals surface area contributed by atoms with Gasteiger partial charge in [0, 0.05) is 21.7 Å². The molecule has 0 amide bonds. The van der Waals surface area contributed by atoms with Crippen LogP contribution >= 0.6 is 23.2 Å². The van der Waals surface area contributed by atoms with Crippen molar-refractivity contribution in [1.29, 1.82) is 0 Å². The second kappa shape index (κ2) is 5.09. The number of rotatable bonds is 2. The van der Waals surface area contributed by atoms with Crippen LogP contribution in [-0.2, 0) is 0 Å². The fourth-order valence-corrected chi connectivity index (χ4v) is 2.11. The highest BCUT2D eigenvalue weighted by Gasteiger charge is 2.06. The smallest absolute Gasteiger partial charge is 0.0485 e. The van der Waals surface area contributed by atoms with Gasteiger partial charge >= 0.3 is 0 Å². The summed E-state index contributed by atoms with van der Waals surface area (Å²) in [4.78, 5) is 0. The summed E-state index contributed by atoms with van der Waals surface area (Å²) in [5.41, 5.74) is 8.92. The molecular formula is C14H13Cl2N. The Bertz CT molecular complexity index is 535. The molecule has 3 heteroatoms. The molecule has 88 valence electrons. The third kappa shape index (κ3) is 2.81. The molecule has 2 aromatic carbocycles. The van der Waals surface area contributed by atoms with Crippen molar-refractivity contribution in [3.8, 4) is 11.1 Å². The maximum absolute atomic E-state index is 6.17. The van der Waals surface area contributed by atoms with E-state index in [4.69, 9.17) is 28.9 Å². The van der Waals surface area contributed by atoms with Crippen molar-refractivity contribution >= 4 is 23.2 Å². The van der Waals surface area contributed by atoms with Gasteiger partial charge in [-0.05, 0) is 42.3 Å². The highest BCUT2D eigenvalue weighted by atomic mass is 35.5. The fourth-order valence-electron chi connectivity index (χ4n) is 1.71. The average molecular weight is 266 g/mol.